The van der Waals surface area contributed by atoms with Crippen molar-refractivity contribution >= 4 is 17.9 Å². The summed E-state index contributed by atoms with van der Waals surface area (Å²) in [7, 11) is 0. The lowest BCUT2D eigenvalue weighted by Gasteiger charge is -2.35. The zero-order valence-corrected chi connectivity index (χ0v) is 11.3. The summed E-state index contributed by atoms with van der Waals surface area (Å²) in [6, 6.07) is 0. The molecule has 0 aliphatic carbocycles. The Hall–Kier alpha value is -1.71. The fraction of sp³-hybridized carbons (Fsp3) is 0.750. The van der Waals surface area contributed by atoms with Crippen LogP contribution in [0.2, 0.25) is 0 Å². The van der Waals surface area contributed by atoms with Gasteiger partial charge in [-0.2, -0.15) is 0 Å². The fourth-order valence-corrected chi connectivity index (χ4v) is 1.74. The predicted octanol–water partition coefficient (Wildman–Crippen LogP) is 0.622. The third-order valence-electron chi connectivity index (χ3n) is 2.69. The Balaban J connectivity index is 2.52. The molecule has 0 bridgehead atoms. The fourth-order valence-electron chi connectivity index (χ4n) is 1.74. The van der Waals surface area contributed by atoms with E-state index in [9.17, 15) is 14.4 Å². The Morgan fingerprint density at radius 3 is 1.05 bits per heavy atom. The topological polar surface area (TPSA) is 140 Å². The molecule has 0 amide bonds. The third kappa shape index (κ3) is 7.59. The van der Waals surface area contributed by atoms with Crippen LogP contribution in [-0.4, -0.2) is 52.1 Å². The highest BCUT2D eigenvalue weighted by Crippen LogP contribution is 2.24. The Morgan fingerprint density at radius 2 is 0.857 bits per heavy atom. The number of ether oxygens (including phenoxy) is 3. The Labute approximate surface area is 120 Å². The van der Waals surface area contributed by atoms with Crippen molar-refractivity contribution in [3.63, 3.8) is 0 Å². The SMILES string of the molecule is O=C(O)CCC1OC(CCC(=O)O)OC(CCC(=O)O)O1. The Morgan fingerprint density at radius 1 is 0.619 bits per heavy atom. The molecule has 3 N–H and O–H groups in total. The van der Waals surface area contributed by atoms with Crippen LogP contribution in [-0.2, 0) is 28.6 Å². The van der Waals surface area contributed by atoms with Crippen LogP contribution in [0.25, 0.3) is 0 Å². The van der Waals surface area contributed by atoms with Gasteiger partial charge >= 0.3 is 17.9 Å². The normalized spacial score (nSPS) is 25.4. The molecule has 9 nitrogen and oxygen atoms in total. The molecule has 1 aliphatic heterocycles. The molecule has 0 aromatic carbocycles. The maximum absolute atomic E-state index is 10.5. The maximum Gasteiger partial charge on any atom is 0.303 e. The molecule has 0 aromatic heterocycles. The minimum absolute atomic E-state index is 0.0752. The van der Waals surface area contributed by atoms with E-state index in [0.29, 0.717) is 0 Å². The third-order valence-corrected chi connectivity index (χ3v) is 2.69. The van der Waals surface area contributed by atoms with E-state index in [4.69, 9.17) is 29.5 Å². The van der Waals surface area contributed by atoms with Gasteiger partial charge in [0.15, 0.2) is 18.9 Å². The molecule has 21 heavy (non-hydrogen) atoms. The van der Waals surface area contributed by atoms with Gasteiger partial charge in [-0.25, -0.2) is 0 Å². The van der Waals surface area contributed by atoms with Crippen molar-refractivity contribution in [3.05, 3.63) is 0 Å². The van der Waals surface area contributed by atoms with E-state index in [2.05, 4.69) is 0 Å². The zero-order chi connectivity index (χ0) is 15.8. The van der Waals surface area contributed by atoms with Crippen molar-refractivity contribution in [1.29, 1.82) is 0 Å². The number of rotatable bonds is 9. The molecule has 1 fully saturated rings. The molecule has 0 aromatic rings. The molecule has 1 heterocycles. The predicted molar refractivity (Wildman–Crippen MR) is 65.2 cm³/mol. The van der Waals surface area contributed by atoms with Crippen molar-refractivity contribution in [2.24, 2.45) is 0 Å². The number of aliphatic carboxylic acids is 3. The quantitative estimate of drug-likeness (QED) is 0.559. The highest BCUT2D eigenvalue weighted by Gasteiger charge is 2.31. The van der Waals surface area contributed by atoms with Crippen LogP contribution < -0.4 is 0 Å². The number of carboxylic acids is 3. The van der Waals surface area contributed by atoms with Crippen molar-refractivity contribution < 1.29 is 43.9 Å². The first-order valence-electron chi connectivity index (χ1n) is 6.48. The number of carbonyl (C=O) groups is 3. The molecule has 1 aliphatic rings. The zero-order valence-electron chi connectivity index (χ0n) is 11.3. The second-order valence-electron chi connectivity index (χ2n) is 4.49. The second kappa shape index (κ2) is 8.55. The summed E-state index contributed by atoms with van der Waals surface area (Å²) < 4.78 is 15.9. The summed E-state index contributed by atoms with van der Waals surface area (Å²) in [5.41, 5.74) is 0. The summed E-state index contributed by atoms with van der Waals surface area (Å²) in [6.07, 6.45) is -2.87. The largest absolute Gasteiger partial charge is 0.481 e. The summed E-state index contributed by atoms with van der Waals surface area (Å²) >= 11 is 0. The van der Waals surface area contributed by atoms with Gasteiger partial charge in [-0.05, 0) is 0 Å². The Bertz CT molecular complexity index is 318. The number of carboxylic acid groups (broad SMARTS) is 3. The lowest BCUT2D eigenvalue weighted by atomic mass is 10.2. The van der Waals surface area contributed by atoms with Crippen LogP contribution in [0.4, 0.5) is 0 Å². The van der Waals surface area contributed by atoms with Gasteiger partial charge < -0.3 is 29.5 Å². The molecule has 0 radical (unpaired) electrons. The van der Waals surface area contributed by atoms with Crippen LogP contribution in [0.15, 0.2) is 0 Å². The first kappa shape index (κ1) is 17.3. The summed E-state index contributed by atoms with van der Waals surface area (Å²) in [6.45, 7) is 0. The average molecular weight is 306 g/mol. The van der Waals surface area contributed by atoms with E-state index in [-0.39, 0.29) is 38.5 Å². The minimum atomic E-state index is -1.02. The van der Waals surface area contributed by atoms with E-state index < -0.39 is 36.8 Å². The van der Waals surface area contributed by atoms with E-state index in [0.717, 1.165) is 0 Å². The molecule has 0 saturated carbocycles. The smallest absolute Gasteiger partial charge is 0.303 e. The molecular formula is C12H18O9. The van der Waals surface area contributed by atoms with Crippen molar-refractivity contribution in [2.75, 3.05) is 0 Å². The van der Waals surface area contributed by atoms with E-state index in [1.165, 1.54) is 0 Å². The molecule has 1 saturated heterocycles. The van der Waals surface area contributed by atoms with Gasteiger partial charge in [0.2, 0.25) is 0 Å². The minimum Gasteiger partial charge on any atom is -0.481 e. The van der Waals surface area contributed by atoms with Crippen LogP contribution in [0.5, 0.6) is 0 Å². The lowest BCUT2D eigenvalue weighted by molar-refractivity contribution is -0.385. The number of hydrogen-bond acceptors (Lipinski definition) is 6. The molecule has 0 spiro atoms. The van der Waals surface area contributed by atoms with Crippen molar-refractivity contribution in [3.8, 4) is 0 Å². The molecule has 9 heteroatoms. The first-order chi connectivity index (χ1) is 9.86. The maximum atomic E-state index is 10.5. The van der Waals surface area contributed by atoms with Crippen molar-refractivity contribution in [1.82, 2.24) is 0 Å². The first-order valence-corrected chi connectivity index (χ1v) is 6.48. The van der Waals surface area contributed by atoms with Crippen LogP contribution >= 0.6 is 0 Å². The van der Waals surface area contributed by atoms with E-state index in [1.807, 2.05) is 0 Å². The van der Waals surface area contributed by atoms with Gasteiger partial charge in [0.25, 0.3) is 0 Å². The molecule has 0 unspecified atom stereocenters. The Kier molecular flexibility index (Phi) is 7.06. The highest BCUT2D eigenvalue weighted by atomic mass is 16.9. The van der Waals surface area contributed by atoms with Crippen LogP contribution in [0.3, 0.4) is 0 Å². The van der Waals surface area contributed by atoms with Gasteiger partial charge in [-0.1, -0.05) is 0 Å². The molecule has 120 valence electrons. The van der Waals surface area contributed by atoms with Gasteiger partial charge in [0.1, 0.15) is 0 Å². The summed E-state index contributed by atoms with van der Waals surface area (Å²) in [5, 5.41) is 25.9. The summed E-state index contributed by atoms with van der Waals surface area (Å²) in [5.74, 6) is -3.05. The van der Waals surface area contributed by atoms with Gasteiger partial charge in [0.05, 0.1) is 19.3 Å². The monoisotopic (exact) mass is 306 g/mol. The molecular weight excluding hydrogens is 288 g/mol. The molecule has 0 atom stereocenters. The van der Waals surface area contributed by atoms with E-state index in [1.54, 1.807) is 0 Å². The van der Waals surface area contributed by atoms with Crippen LogP contribution in [0.1, 0.15) is 38.5 Å². The lowest BCUT2D eigenvalue weighted by Crippen LogP contribution is -2.41. The number of hydrogen-bond donors (Lipinski definition) is 3. The standard InChI is InChI=1S/C12H18O9/c13-7(14)1-4-10-19-11(5-2-8(15)16)21-12(20-10)6-3-9(17)18/h10-12H,1-6H2,(H,13,14)(H,15,16)(H,17,18). The van der Waals surface area contributed by atoms with Gasteiger partial charge in [0, 0.05) is 19.3 Å². The second-order valence-corrected chi connectivity index (χ2v) is 4.49. The average Bonchev–Trinajstić information content (AvgIpc) is 2.40. The van der Waals surface area contributed by atoms with Crippen LogP contribution in [0, 0.1) is 0 Å². The van der Waals surface area contributed by atoms with E-state index >= 15 is 0 Å². The summed E-state index contributed by atoms with van der Waals surface area (Å²) in [4.78, 5) is 31.6. The highest BCUT2D eigenvalue weighted by molar-refractivity contribution is 5.67. The molecule has 1 rings (SSSR count). The van der Waals surface area contributed by atoms with Crippen molar-refractivity contribution in [2.45, 2.75) is 57.4 Å². The van der Waals surface area contributed by atoms with Gasteiger partial charge in [-0.3, -0.25) is 14.4 Å². The van der Waals surface area contributed by atoms with Gasteiger partial charge in [-0.15, -0.1) is 0 Å².